The molecule has 1 spiro atoms. The van der Waals surface area contributed by atoms with Gasteiger partial charge in [-0.05, 0) is 44.9 Å². The van der Waals surface area contributed by atoms with E-state index in [-0.39, 0.29) is 11.5 Å². The second-order valence-electron chi connectivity index (χ2n) is 7.23. The summed E-state index contributed by atoms with van der Waals surface area (Å²) in [6.45, 7) is 10.4. The zero-order valence-electron chi connectivity index (χ0n) is 14.0. The van der Waals surface area contributed by atoms with Gasteiger partial charge in [-0.15, -0.1) is 0 Å². The Hall–Kier alpha value is -1.36. The SMILES string of the molecule is Cc1noc(C)c1C(=O)N1CCCC2(CC(C(C)C)CO2)C1. The molecule has 0 N–H and O–H groups in total. The van der Waals surface area contributed by atoms with Crippen LogP contribution in [0.2, 0.25) is 0 Å². The molecule has 1 amide bonds. The van der Waals surface area contributed by atoms with E-state index >= 15 is 0 Å². The summed E-state index contributed by atoms with van der Waals surface area (Å²) in [4.78, 5) is 14.8. The van der Waals surface area contributed by atoms with Crippen LogP contribution in [-0.2, 0) is 4.74 Å². The van der Waals surface area contributed by atoms with E-state index in [4.69, 9.17) is 9.26 Å². The molecule has 3 rings (SSSR count). The number of rotatable bonds is 2. The highest BCUT2D eigenvalue weighted by molar-refractivity contribution is 5.96. The Kier molecular flexibility index (Phi) is 4.02. The third-order valence-corrected chi connectivity index (χ3v) is 5.25. The first kappa shape index (κ1) is 15.5. The van der Waals surface area contributed by atoms with Crippen LogP contribution in [0.3, 0.4) is 0 Å². The highest BCUT2D eigenvalue weighted by Crippen LogP contribution is 2.40. The van der Waals surface area contributed by atoms with E-state index < -0.39 is 0 Å². The predicted octanol–water partition coefficient (Wildman–Crippen LogP) is 2.96. The summed E-state index contributed by atoms with van der Waals surface area (Å²) in [5.41, 5.74) is 1.16. The molecule has 0 saturated carbocycles. The lowest BCUT2D eigenvalue weighted by molar-refractivity contribution is -0.0451. The second kappa shape index (κ2) is 5.69. The maximum atomic E-state index is 12.8. The Morgan fingerprint density at radius 2 is 2.18 bits per heavy atom. The van der Waals surface area contributed by atoms with Crippen LogP contribution in [0.4, 0.5) is 0 Å². The largest absolute Gasteiger partial charge is 0.373 e. The average Bonchev–Trinajstić information content (AvgIpc) is 3.03. The van der Waals surface area contributed by atoms with Crippen LogP contribution >= 0.6 is 0 Å². The van der Waals surface area contributed by atoms with E-state index in [1.807, 2.05) is 11.8 Å². The number of amides is 1. The van der Waals surface area contributed by atoms with Crippen LogP contribution < -0.4 is 0 Å². The molecule has 0 aliphatic carbocycles. The standard InChI is InChI=1S/C17H26N2O3/c1-11(2)14-8-17(21-9-14)6-5-7-19(10-17)16(20)15-12(3)18-22-13(15)4/h11,14H,5-10H2,1-4H3. The van der Waals surface area contributed by atoms with E-state index in [0.29, 0.717) is 35.4 Å². The number of hydrogen-bond donors (Lipinski definition) is 0. The number of piperidine rings is 1. The van der Waals surface area contributed by atoms with Crippen LogP contribution in [0.1, 0.15) is 54.9 Å². The molecule has 22 heavy (non-hydrogen) atoms. The molecule has 5 heteroatoms. The van der Waals surface area contributed by atoms with Gasteiger partial charge in [-0.25, -0.2) is 0 Å². The van der Waals surface area contributed by atoms with E-state index in [2.05, 4.69) is 19.0 Å². The number of hydrogen-bond acceptors (Lipinski definition) is 4. The van der Waals surface area contributed by atoms with Gasteiger partial charge in [-0.1, -0.05) is 19.0 Å². The lowest BCUT2D eigenvalue weighted by atomic mass is 9.82. The van der Waals surface area contributed by atoms with Crippen LogP contribution in [0.15, 0.2) is 4.52 Å². The number of nitrogens with zero attached hydrogens (tertiary/aromatic N) is 2. The fourth-order valence-electron chi connectivity index (χ4n) is 3.81. The Morgan fingerprint density at radius 3 is 2.77 bits per heavy atom. The van der Waals surface area contributed by atoms with Gasteiger partial charge in [0.1, 0.15) is 11.3 Å². The minimum absolute atomic E-state index is 0.0342. The van der Waals surface area contributed by atoms with Crippen molar-refractivity contribution in [2.24, 2.45) is 11.8 Å². The fourth-order valence-corrected chi connectivity index (χ4v) is 3.81. The van der Waals surface area contributed by atoms with Gasteiger partial charge in [0.25, 0.3) is 5.91 Å². The number of carbonyl (C=O) groups excluding carboxylic acids is 1. The van der Waals surface area contributed by atoms with Crippen molar-refractivity contribution in [3.05, 3.63) is 17.0 Å². The molecule has 0 bridgehead atoms. The van der Waals surface area contributed by atoms with E-state index in [1.165, 1.54) is 0 Å². The molecule has 0 radical (unpaired) electrons. The van der Waals surface area contributed by atoms with E-state index in [9.17, 15) is 4.79 Å². The van der Waals surface area contributed by atoms with Crippen molar-refractivity contribution in [1.82, 2.24) is 10.1 Å². The van der Waals surface area contributed by atoms with Crippen molar-refractivity contribution >= 4 is 5.91 Å². The third kappa shape index (κ3) is 2.67. The van der Waals surface area contributed by atoms with Gasteiger partial charge >= 0.3 is 0 Å². The Bertz CT molecular complexity index is 547. The molecule has 1 aromatic rings. The van der Waals surface area contributed by atoms with Crippen LogP contribution in [0.25, 0.3) is 0 Å². The Balaban J connectivity index is 1.75. The minimum atomic E-state index is -0.137. The minimum Gasteiger partial charge on any atom is -0.373 e. The predicted molar refractivity (Wildman–Crippen MR) is 82.7 cm³/mol. The van der Waals surface area contributed by atoms with Crippen LogP contribution in [0, 0.1) is 25.7 Å². The second-order valence-corrected chi connectivity index (χ2v) is 7.23. The van der Waals surface area contributed by atoms with Crippen LogP contribution in [-0.4, -0.2) is 41.3 Å². The summed E-state index contributed by atoms with van der Waals surface area (Å²) in [5.74, 6) is 1.88. The Morgan fingerprint density at radius 1 is 1.41 bits per heavy atom. The molecular weight excluding hydrogens is 280 g/mol. The molecule has 2 fully saturated rings. The smallest absolute Gasteiger partial charge is 0.259 e. The quantitative estimate of drug-likeness (QED) is 0.843. The highest BCUT2D eigenvalue weighted by Gasteiger charge is 2.45. The number of carbonyl (C=O) groups is 1. The number of aromatic nitrogens is 1. The summed E-state index contributed by atoms with van der Waals surface area (Å²) >= 11 is 0. The summed E-state index contributed by atoms with van der Waals surface area (Å²) in [5, 5.41) is 3.90. The molecule has 3 heterocycles. The molecule has 2 atom stereocenters. The van der Waals surface area contributed by atoms with Crippen molar-refractivity contribution in [1.29, 1.82) is 0 Å². The maximum absolute atomic E-state index is 12.8. The monoisotopic (exact) mass is 306 g/mol. The van der Waals surface area contributed by atoms with Gasteiger partial charge in [0.15, 0.2) is 0 Å². The molecule has 5 nitrogen and oxygen atoms in total. The zero-order chi connectivity index (χ0) is 15.9. The number of likely N-dealkylation sites (tertiary alicyclic amines) is 1. The third-order valence-electron chi connectivity index (χ3n) is 5.25. The normalized spacial score (nSPS) is 28.8. The summed E-state index contributed by atoms with van der Waals surface area (Å²) in [6.07, 6.45) is 3.12. The van der Waals surface area contributed by atoms with Gasteiger partial charge in [0.05, 0.1) is 17.9 Å². The maximum Gasteiger partial charge on any atom is 0.259 e. The summed E-state index contributed by atoms with van der Waals surface area (Å²) in [7, 11) is 0. The van der Waals surface area contributed by atoms with Gasteiger partial charge in [-0.3, -0.25) is 4.79 Å². The van der Waals surface area contributed by atoms with Gasteiger partial charge < -0.3 is 14.2 Å². The van der Waals surface area contributed by atoms with Crippen molar-refractivity contribution < 1.29 is 14.1 Å². The molecule has 0 aromatic carbocycles. The van der Waals surface area contributed by atoms with Gasteiger partial charge in [0.2, 0.25) is 0 Å². The van der Waals surface area contributed by atoms with Gasteiger partial charge in [0, 0.05) is 13.1 Å². The first-order chi connectivity index (χ1) is 10.4. The number of ether oxygens (including phenoxy) is 1. The van der Waals surface area contributed by atoms with Crippen LogP contribution in [0.5, 0.6) is 0 Å². The fraction of sp³-hybridized carbons (Fsp3) is 0.765. The number of aryl methyl sites for hydroxylation is 2. The lowest BCUT2D eigenvalue weighted by Crippen LogP contribution is -2.50. The van der Waals surface area contributed by atoms with Gasteiger partial charge in [-0.2, -0.15) is 0 Å². The highest BCUT2D eigenvalue weighted by atomic mass is 16.5. The van der Waals surface area contributed by atoms with Crippen molar-refractivity contribution in [3.63, 3.8) is 0 Å². The first-order valence-electron chi connectivity index (χ1n) is 8.28. The molecule has 1 aromatic heterocycles. The molecule has 2 aliphatic rings. The average molecular weight is 306 g/mol. The molecule has 2 aliphatic heterocycles. The molecule has 2 saturated heterocycles. The topological polar surface area (TPSA) is 55.6 Å². The molecular formula is C17H26N2O3. The zero-order valence-corrected chi connectivity index (χ0v) is 14.0. The lowest BCUT2D eigenvalue weighted by Gasteiger charge is -2.40. The summed E-state index contributed by atoms with van der Waals surface area (Å²) < 4.78 is 11.3. The molecule has 2 unspecified atom stereocenters. The first-order valence-corrected chi connectivity index (χ1v) is 8.28. The molecule has 122 valence electrons. The van der Waals surface area contributed by atoms with Crippen molar-refractivity contribution in [3.8, 4) is 0 Å². The van der Waals surface area contributed by atoms with Crippen molar-refractivity contribution in [2.75, 3.05) is 19.7 Å². The van der Waals surface area contributed by atoms with E-state index in [0.717, 1.165) is 32.4 Å². The Labute approximate surface area is 132 Å². The van der Waals surface area contributed by atoms with Crippen molar-refractivity contribution in [2.45, 2.75) is 52.6 Å². The van der Waals surface area contributed by atoms with E-state index in [1.54, 1.807) is 6.92 Å². The summed E-state index contributed by atoms with van der Waals surface area (Å²) in [6, 6.07) is 0.